The van der Waals surface area contributed by atoms with Crippen LogP contribution in [0.5, 0.6) is 0 Å². The SMILES string of the molecule is CC(C)(C)NC(=O)N(CCN1CCOCC1)Cc1cnc(S(=O)(=O)Cc2ccccc2)n1Cc1ccccc1. The van der Waals surface area contributed by atoms with Gasteiger partial charge in [0.05, 0.1) is 43.9 Å². The number of benzene rings is 2. The zero-order chi connectivity index (χ0) is 27.9. The number of hydrogen-bond donors (Lipinski definition) is 1. The first-order chi connectivity index (χ1) is 18.6. The van der Waals surface area contributed by atoms with E-state index in [2.05, 4.69) is 15.2 Å². The molecule has 4 rings (SSSR count). The third-order valence-electron chi connectivity index (χ3n) is 6.47. The van der Waals surface area contributed by atoms with Gasteiger partial charge in [0.2, 0.25) is 15.0 Å². The Kier molecular flexibility index (Phi) is 9.42. The minimum absolute atomic E-state index is 0.00886. The molecule has 0 saturated carbocycles. The molecular formula is C29H39N5O4S. The number of aromatic nitrogens is 2. The lowest BCUT2D eigenvalue weighted by Gasteiger charge is -2.32. The summed E-state index contributed by atoms with van der Waals surface area (Å²) in [6, 6.07) is 18.6. The van der Waals surface area contributed by atoms with Crippen LogP contribution in [-0.4, -0.2) is 78.7 Å². The van der Waals surface area contributed by atoms with Gasteiger partial charge in [-0.2, -0.15) is 0 Å². The summed E-state index contributed by atoms with van der Waals surface area (Å²) in [6.45, 7) is 10.6. The standard InChI is InChI=1S/C29H39N5O4S/c1-29(2,3)31-27(35)33(15-14-32-16-18-38-19-17-32)22-26-20-30-28(34(26)21-24-10-6-4-7-11-24)39(36,37)23-25-12-8-5-9-13-25/h4-13,20H,14-19,21-23H2,1-3H3,(H,31,35). The number of ether oxygens (including phenoxy) is 1. The molecule has 0 radical (unpaired) electrons. The highest BCUT2D eigenvalue weighted by atomic mass is 32.2. The van der Waals surface area contributed by atoms with Crippen molar-refractivity contribution in [3.63, 3.8) is 0 Å². The second-order valence-electron chi connectivity index (χ2n) is 10.9. The van der Waals surface area contributed by atoms with Crippen LogP contribution in [0, 0.1) is 0 Å². The van der Waals surface area contributed by atoms with Gasteiger partial charge in [-0.25, -0.2) is 18.2 Å². The van der Waals surface area contributed by atoms with E-state index in [-0.39, 0.29) is 23.5 Å². The van der Waals surface area contributed by atoms with Crippen molar-refractivity contribution in [2.75, 3.05) is 39.4 Å². The summed E-state index contributed by atoms with van der Waals surface area (Å²) in [7, 11) is -3.75. The van der Waals surface area contributed by atoms with Crippen molar-refractivity contribution >= 4 is 15.9 Å². The maximum atomic E-state index is 13.6. The third-order valence-corrected chi connectivity index (χ3v) is 8.07. The van der Waals surface area contributed by atoms with Crippen LogP contribution in [0.1, 0.15) is 37.6 Å². The second-order valence-corrected chi connectivity index (χ2v) is 12.8. The number of carbonyl (C=O) groups excluding carboxylic acids is 1. The Morgan fingerprint density at radius 1 is 1.00 bits per heavy atom. The highest BCUT2D eigenvalue weighted by Crippen LogP contribution is 2.21. The van der Waals surface area contributed by atoms with Gasteiger partial charge in [0.25, 0.3) is 0 Å². The third kappa shape index (κ3) is 8.39. The highest BCUT2D eigenvalue weighted by molar-refractivity contribution is 7.90. The van der Waals surface area contributed by atoms with Crippen molar-refractivity contribution in [1.29, 1.82) is 0 Å². The van der Waals surface area contributed by atoms with E-state index in [1.807, 2.05) is 69.3 Å². The number of rotatable bonds is 10. The maximum absolute atomic E-state index is 13.6. The van der Waals surface area contributed by atoms with Crippen molar-refractivity contribution in [3.05, 3.63) is 83.7 Å². The van der Waals surface area contributed by atoms with Crippen LogP contribution in [-0.2, 0) is 33.4 Å². The molecule has 1 aliphatic rings. The lowest BCUT2D eigenvalue weighted by atomic mass is 10.1. The molecule has 0 unspecified atom stereocenters. The molecule has 0 atom stereocenters. The molecular weight excluding hydrogens is 514 g/mol. The zero-order valence-electron chi connectivity index (χ0n) is 23.0. The van der Waals surface area contributed by atoms with Gasteiger partial charge < -0.3 is 19.5 Å². The maximum Gasteiger partial charge on any atom is 0.318 e. The summed E-state index contributed by atoms with van der Waals surface area (Å²) in [5.41, 5.74) is 1.90. The monoisotopic (exact) mass is 553 g/mol. The van der Waals surface area contributed by atoms with Gasteiger partial charge in [-0.3, -0.25) is 4.90 Å². The molecule has 0 spiro atoms. The first kappa shape index (κ1) is 28.8. The molecule has 1 saturated heterocycles. The number of amides is 2. The Morgan fingerprint density at radius 3 is 2.23 bits per heavy atom. The average molecular weight is 554 g/mol. The van der Waals surface area contributed by atoms with E-state index in [9.17, 15) is 13.2 Å². The average Bonchev–Trinajstić information content (AvgIpc) is 3.30. The van der Waals surface area contributed by atoms with E-state index in [0.29, 0.717) is 44.1 Å². The molecule has 0 bridgehead atoms. The van der Waals surface area contributed by atoms with E-state index in [0.717, 1.165) is 18.7 Å². The van der Waals surface area contributed by atoms with Gasteiger partial charge in [-0.15, -0.1) is 0 Å². The van der Waals surface area contributed by atoms with Crippen LogP contribution >= 0.6 is 0 Å². The largest absolute Gasteiger partial charge is 0.379 e. The zero-order valence-corrected chi connectivity index (χ0v) is 23.9. The van der Waals surface area contributed by atoms with Gasteiger partial charge in [0.15, 0.2) is 0 Å². The number of urea groups is 1. The summed E-state index contributed by atoms with van der Waals surface area (Å²) in [5.74, 6) is -0.148. The molecule has 1 aromatic heterocycles. The number of nitrogens with zero attached hydrogens (tertiary/aromatic N) is 4. The van der Waals surface area contributed by atoms with Gasteiger partial charge in [0, 0.05) is 31.7 Å². The molecule has 1 N–H and O–H groups in total. The number of sulfone groups is 1. The molecule has 1 aliphatic heterocycles. The number of imidazole rings is 1. The molecule has 2 aromatic carbocycles. The van der Waals surface area contributed by atoms with Crippen molar-refractivity contribution < 1.29 is 17.9 Å². The van der Waals surface area contributed by atoms with Crippen LogP contribution in [0.3, 0.4) is 0 Å². The van der Waals surface area contributed by atoms with E-state index in [4.69, 9.17) is 4.74 Å². The van der Waals surface area contributed by atoms with Crippen molar-refractivity contribution in [2.45, 2.75) is 50.3 Å². The van der Waals surface area contributed by atoms with E-state index >= 15 is 0 Å². The molecule has 10 heteroatoms. The molecule has 3 aromatic rings. The molecule has 2 amide bonds. The van der Waals surface area contributed by atoms with E-state index in [1.165, 1.54) is 0 Å². The van der Waals surface area contributed by atoms with Gasteiger partial charge in [0.1, 0.15) is 0 Å². The number of morpholine rings is 1. The first-order valence-electron chi connectivity index (χ1n) is 13.3. The van der Waals surface area contributed by atoms with Crippen LogP contribution in [0.25, 0.3) is 0 Å². The number of hydrogen-bond acceptors (Lipinski definition) is 6. The van der Waals surface area contributed by atoms with Gasteiger partial charge >= 0.3 is 6.03 Å². The minimum Gasteiger partial charge on any atom is -0.379 e. The van der Waals surface area contributed by atoms with Crippen molar-refractivity contribution in [1.82, 2.24) is 24.7 Å². The van der Waals surface area contributed by atoms with Crippen molar-refractivity contribution in [3.8, 4) is 0 Å². The fourth-order valence-corrected chi connectivity index (χ4v) is 5.99. The topological polar surface area (TPSA) is 96.8 Å². The summed E-state index contributed by atoms with van der Waals surface area (Å²) >= 11 is 0. The molecule has 0 aliphatic carbocycles. The normalized spacial score (nSPS) is 14.7. The van der Waals surface area contributed by atoms with Crippen LogP contribution in [0.4, 0.5) is 4.79 Å². The fourth-order valence-electron chi connectivity index (χ4n) is 4.49. The lowest BCUT2D eigenvalue weighted by molar-refractivity contribution is 0.0344. The predicted octanol–water partition coefficient (Wildman–Crippen LogP) is 3.55. The fraction of sp³-hybridized carbons (Fsp3) is 0.448. The Morgan fingerprint density at radius 2 is 1.62 bits per heavy atom. The lowest BCUT2D eigenvalue weighted by Crippen LogP contribution is -2.50. The minimum atomic E-state index is -3.75. The Bertz CT molecular complexity index is 1310. The summed E-state index contributed by atoms with van der Waals surface area (Å²) in [5, 5.41) is 3.07. The number of nitrogens with one attached hydrogen (secondary N) is 1. The summed E-state index contributed by atoms with van der Waals surface area (Å²) < 4.78 is 34.3. The second kappa shape index (κ2) is 12.8. The molecule has 1 fully saturated rings. The van der Waals surface area contributed by atoms with Gasteiger partial charge in [-0.05, 0) is 31.9 Å². The first-order valence-corrected chi connectivity index (χ1v) is 15.0. The van der Waals surface area contributed by atoms with Crippen LogP contribution in [0.15, 0.2) is 72.0 Å². The molecule has 2 heterocycles. The highest BCUT2D eigenvalue weighted by Gasteiger charge is 2.27. The van der Waals surface area contributed by atoms with Crippen molar-refractivity contribution in [2.24, 2.45) is 0 Å². The smallest absolute Gasteiger partial charge is 0.318 e. The quantitative estimate of drug-likeness (QED) is 0.413. The van der Waals surface area contributed by atoms with E-state index in [1.54, 1.807) is 27.8 Å². The summed E-state index contributed by atoms with van der Waals surface area (Å²) in [6.07, 6.45) is 1.59. The van der Waals surface area contributed by atoms with Crippen LogP contribution in [0.2, 0.25) is 0 Å². The Labute approximate surface area is 231 Å². The number of carbonyl (C=O) groups is 1. The van der Waals surface area contributed by atoms with Crippen LogP contribution < -0.4 is 5.32 Å². The van der Waals surface area contributed by atoms with E-state index < -0.39 is 15.4 Å². The molecule has 9 nitrogen and oxygen atoms in total. The molecule has 210 valence electrons. The predicted molar refractivity (Wildman–Crippen MR) is 151 cm³/mol. The Hall–Kier alpha value is -3.21. The summed E-state index contributed by atoms with van der Waals surface area (Å²) in [4.78, 5) is 21.8. The Balaban J connectivity index is 1.64. The van der Waals surface area contributed by atoms with Gasteiger partial charge in [-0.1, -0.05) is 60.7 Å². The molecule has 39 heavy (non-hydrogen) atoms.